The number of carbonyl (C=O) groups is 8. The molecule has 3 aliphatic rings. The van der Waals surface area contributed by atoms with Gasteiger partial charge in [0, 0.05) is 19.1 Å². The molecule has 7 amide bonds. The number of nitrogens with one attached hydrogen (secondary N) is 6. The monoisotopic (exact) mass is 1450 g/mol. The van der Waals surface area contributed by atoms with E-state index in [4.69, 9.17) is 20.3 Å². The molecule has 12 rings (SSSR count). The summed E-state index contributed by atoms with van der Waals surface area (Å²) in [6.07, 6.45) is 9.02. The van der Waals surface area contributed by atoms with Gasteiger partial charge in [0.1, 0.15) is 28.7 Å². The highest BCUT2D eigenvalue weighted by Gasteiger charge is 2.37. The van der Waals surface area contributed by atoms with Crippen LogP contribution in [0.25, 0.3) is 30.6 Å². The van der Waals surface area contributed by atoms with E-state index in [2.05, 4.69) is 113 Å². The molecule has 102 heavy (non-hydrogen) atoms. The number of carboxylic acid groups (broad SMARTS) is 1. The summed E-state index contributed by atoms with van der Waals surface area (Å²) in [6.45, 7) is 24.4. The van der Waals surface area contributed by atoms with Gasteiger partial charge in [-0.25, -0.2) is 44.3 Å². The van der Waals surface area contributed by atoms with Crippen molar-refractivity contribution >= 4 is 147 Å². The fourth-order valence-corrected chi connectivity index (χ4v) is 14.0. The number of aliphatic carboxylic acids is 1. The zero-order valence-corrected chi connectivity index (χ0v) is 61.6. The number of carbonyl (C=O) groups excluding carboxylic acids is 7. The van der Waals surface area contributed by atoms with Crippen molar-refractivity contribution in [2.45, 2.75) is 151 Å². The second-order valence-electron chi connectivity index (χ2n) is 27.8. The summed E-state index contributed by atoms with van der Waals surface area (Å²) in [4.78, 5) is 126. The summed E-state index contributed by atoms with van der Waals surface area (Å²) in [5.74, 6) is -2.80. The summed E-state index contributed by atoms with van der Waals surface area (Å²) in [5.41, 5.74) is 19.4. The topological polar surface area (TPSA) is 357 Å². The number of rotatable bonds is 8. The van der Waals surface area contributed by atoms with Gasteiger partial charge in [-0.3, -0.25) is 34.6 Å². The average molecular weight is 1450 g/mol. The molecule has 3 aliphatic heterocycles. The van der Waals surface area contributed by atoms with Crippen LogP contribution < -0.4 is 37.6 Å². The highest BCUT2D eigenvalue weighted by Crippen LogP contribution is 2.38. The Morgan fingerprint density at radius 1 is 0.490 bits per heavy atom. The number of likely N-dealkylation sites (tertiary alicyclic amines) is 2. The van der Waals surface area contributed by atoms with Crippen molar-refractivity contribution in [2.75, 3.05) is 52.0 Å². The molecule has 9 heterocycles. The zero-order valence-electron chi connectivity index (χ0n) is 59.1. The Kier molecular flexibility index (Phi) is 25.1. The van der Waals surface area contributed by atoms with Gasteiger partial charge in [0.25, 0.3) is 0 Å². The van der Waals surface area contributed by atoms with E-state index < -0.39 is 58.9 Å². The second-order valence-corrected chi connectivity index (χ2v) is 30.5. The Labute approximate surface area is 603 Å². The predicted molar refractivity (Wildman–Crippen MR) is 398 cm³/mol. The quantitative estimate of drug-likeness (QED) is 0.0655. The van der Waals surface area contributed by atoms with Crippen LogP contribution in [0.15, 0.2) is 108 Å². The van der Waals surface area contributed by atoms with Crippen LogP contribution in [-0.4, -0.2) is 123 Å². The standard InChI is InChI=1S/C26H31N5O4S.C21H23N5O2S.C13H17N3O5.C13H16N2S/c1-15-6-9-20(17-7-8-19-21(11-17)36-14-28-19)31(13-15)24(33)23(32)29-18-10-16(2)22(27-12-18)30-25(34)35-26(3,4)5;1-12-3-6-17(14-4-5-16-18(8-14)29-11-24-16)26(10-12)21(28)20(27)25-15-7-13(2)19(22)23-9-15;1-7-5-8(15-10(17)11(18)19)6-14-9(7)16-12(20)21-13(2,3)4;1-9-2-4-11(14-7-9)10-3-5-12-13(6-10)16-8-15-12/h7-8,10-12,14-15,20H,6,9,13H2,1-5H3,(H,29,32)(H,27,30,34);4-5,7-9,11-12,17H,3,6,10H2,1-2H3,(H2,22,23)(H,25,27);5-6H,1-4H3,(H,15,17)(H,18,19)(H,14,16,20);3,5-6,8-9,11,14H,2,4,7H2,1H3/t15-,20+;12-,17+;;9-,11+/m11.1/s1. The van der Waals surface area contributed by atoms with Crippen molar-refractivity contribution in [2.24, 2.45) is 17.8 Å². The number of nitrogen functional groups attached to an aromatic ring is 1. The van der Waals surface area contributed by atoms with Gasteiger partial charge in [-0.2, -0.15) is 0 Å². The molecule has 26 nitrogen and oxygen atoms in total. The number of fused-ring (bicyclic) bond motifs is 3. The van der Waals surface area contributed by atoms with Crippen LogP contribution in [0.2, 0.25) is 0 Å². The molecule has 3 fully saturated rings. The van der Waals surface area contributed by atoms with Gasteiger partial charge in [0.05, 0.1) is 94.9 Å². The molecule has 3 aromatic carbocycles. The summed E-state index contributed by atoms with van der Waals surface area (Å²) in [5, 5.41) is 24.7. The van der Waals surface area contributed by atoms with E-state index in [9.17, 15) is 38.4 Å². The maximum absolute atomic E-state index is 13.3. The van der Waals surface area contributed by atoms with Gasteiger partial charge in [-0.1, -0.05) is 39.0 Å². The first kappa shape index (κ1) is 76.1. The van der Waals surface area contributed by atoms with Gasteiger partial charge >= 0.3 is 47.7 Å². The maximum Gasteiger partial charge on any atom is 0.413 e. The van der Waals surface area contributed by atoms with E-state index in [1.54, 1.807) is 124 Å². The maximum atomic E-state index is 13.3. The number of piperidine rings is 3. The predicted octanol–water partition coefficient (Wildman–Crippen LogP) is 13.9. The fourth-order valence-electron chi connectivity index (χ4n) is 11.8. The third kappa shape index (κ3) is 21.0. The Balaban J connectivity index is 0.000000165. The van der Waals surface area contributed by atoms with Crippen LogP contribution in [0.4, 0.5) is 44.1 Å². The van der Waals surface area contributed by atoms with Crippen LogP contribution >= 0.6 is 34.0 Å². The molecule has 0 spiro atoms. The van der Waals surface area contributed by atoms with Crippen molar-refractivity contribution in [1.29, 1.82) is 0 Å². The molecule has 0 radical (unpaired) electrons. The van der Waals surface area contributed by atoms with Crippen molar-refractivity contribution in [1.82, 2.24) is 45.0 Å². The highest BCUT2D eigenvalue weighted by molar-refractivity contribution is 7.17. The van der Waals surface area contributed by atoms with Crippen molar-refractivity contribution < 1.29 is 52.9 Å². The van der Waals surface area contributed by atoms with Crippen LogP contribution in [-0.2, 0) is 38.2 Å². The number of anilines is 6. The number of hydrogen-bond acceptors (Lipinski definition) is 21. The number of nitrogens with two attached hydrogens (primary N) is 1. The summed E-state index contributed by atoms with van der Waals surface area (Å²) >= 11 is 4.86. The Hall–Kier alpha value is -10.1. The van der Waals surface area contributed by atoms with Crippen LogP contribution in [0, 0.1) is 38.5 Å². The highest BCUT2D eigenvalue weighted by atomic mass is 32.1. The molecule has 0 bridgehead atoms. The molecular formula is C73H87N15O11S3. The third-order valence-electron chi connectivity index (χ3n) is 16.9. The lowest BCUT2D eigenvalue weighted by atomic mass is 9.89. The minimum absolute atomic E-state index is 0.123. The minimum atomic E-state index is -1.59. The Bertz CT molecular complexity index is 4540. The average Bonchev–Trinajstić information content (AvgIpc) is 0.972. The number of amides is 7. The lowest BCUT2D eigenvalue weighted by Crippen LogP contribution is -2.46. The number of ether oxygens (including phenoxy) is 2. The van der Waals surface area contributed by atoms with Crippen LogP contribution in [0.3, 0.4) is 0 Å². The molecule has 6 aromatic heterocycles. The van der Waals surface area contributed by atoms with Gasteiger partial charge in [-0.15, -0.1) is 34.0 Å². The van der Waals surface area contributed by atoms with Gasteiger partial charge < -0.3 is 51.4 Å². The van der Waals surface area contributed by atoms with Gasteiger partial charge in [-0.05, 0) is 213 Å². The van der Waals surface area contributed by atoms with Gasteiger partial charge in [0.15, 0.2) is 0 Å². The first-order chi connectivity index (χ1) is 48.3. The van der Waals surface area contributed by atoms with Crippen LogP contribution in [0.5, 0.6) is 0 Å². The van der Waals surface area contributed by atoms with E-state index in [0.717, 1.165) is 80.8 Å². The van der Waals surface area contributed by atoms with E-state index in [1.807, 2.05) is 35.3 Å². The summed E-state index contributed by atoms with van der Waals surface area (Å²) < 4.78 is 13.8. The Morgan fingerprint density at radius 3 is 1.25 bits per heavy atom. The molecule has 9 N–H and O–H groups in total. The van der Waals surface area contributed by atoms with Crippen LogP contribution in [0.1, 0.15) is 152 Å². The van der Waals surface area contributed by atoms with Crippen molar-refractivity contribution in [3.05, 3.63) is 141 Å². The molecule has 0 saturated carbocycles. The molecular weight excluding hydrogens is 1360 g/mol. The van der Waals surface area contributed by atoms with E-state index >= 15 is 0 Å². The third-order valence-corrected chi connectivity index (χ3v) is 19.3. The normalized spacial score (nSPS) is 18.2. The summed E-state index contributed by atoms with van der Waals surface area (Å²) in [6, 6.07) is 23.8. The SMILES string of the molecule is C[C@@H]1CC[C@@H](c2ccc3ncsc3c2)NC1.Cc1cc(NC(=O)C(=O)N2C[C@H](C)CC[C@H]2c2ccc3ncsc3c2)cnc1N.Cc1cc(NC(=O)C(=O)N2C[C@H](C)CC[C@H]2c2ccc3ncsc3c2)cnc1NC(=O)OC(C)(C)C.Cc1cc(NC(=O)C(=O)O)cnc1NC(=O)OC(C)(C)C. The fraction of sp³-hybridized carbons (Fsp3) is 0.397. The molecule has 0 aliphatic carbocycles. The lowest BCUT2D eigenvalue weighted by molar-refractivity contribution is -0.147. The first-order valence-corrected chi connectivity index (χ1v) is 36.1. The molecule has 0 unspecified atom stereocenters. The molecule has 538 valence electrons. The Morgan fingerprint density at radius 2 is 0.873 bits per heavy atom. The lowest BCUT2D eigenvalue weighted by Gasteiger charge is -2.38. The number of benzene rings is 3. The first-order valence-electron chi connectivity index (χ1n) is 33.5. The number of nitrogens with zero attached hydrogens (tertiary/aromatic N) is 8. The molecule has 29 heteroatoms. The minimum Gasteiger partial charge on any atom is -0.474 e. The smallest absolute Gasteiger partial charge is 0.413 e. The number of thiazole rings is 3. The number of aromatic nitrogens is 6. The molecule has 6 atom stereocenters. The number of aryl methyl sites for hydroxylation is 3. The second kappa shape index (κ2) is 33.6. The van der Waals surface area contributed by atoms with Crippen molar-refractivity contribution in [3.63, 3.8) is 0 Å². The van der Waals surface area contributed by atoms with E-state index in [1.165, 1.54) is 47.8 Å². The van der Waals surface area contributed by atoms with Crippen molar-refractivity contribution in [3.8, 4) is 0 Å². The number of hydrogen-bond donors (Lipinski definition) is 8. The van der Waals surface area contributed by atoms with Gasteiger partial charge in [0.2, 0.25) is 0 Å². The summed E-state index contributed by atoms with van der Waals surface area (Å²) in [7, 11) is 0. The van der Waals surface area contributed by atoms with E-state index in [0.29, 0.717) is 65.1 Å². The number of carboxylic acids is 1. The van der Waals surface area contributed by atoms with E-state index in [-0.39, 0.29) is 23.6 Å². The zero-order chi connectivity index (χ0) is 73.7. The largest absolute Gasteiger partial charge is 0.474 e. The number of pyridine rings is 3. The molecule has 9 aromatic rings. The molecule has 3 saturated heterocycles.